The molecule has 5 heteroatoms. The van der Waals surface area contributed by atoms with Gasteiger partial charge in [-0.2, -0.15) is 0 Å². The molecule has 2 unspecified atom stereocenters. The number of benzene rings is 1. The van der Waals surface area contributed by atoms with Crippen LogP contribution in [-0.4, -0.2) is 22.9 Å². The second-order valence-corrected chi connectivity index (χ2v) is 4.89. The Kier molecular flexibility index (Phi) is 3.14. The van der Waals surface area contributed by atoms with E-state index < -0.39 is 5.97 Å². The summed E-state index contributed by atoms with van der Waals surface area (Å²) in [5.41, 5.74) is 1.02. The predicted octanol–water partition coefficient (Wildman–Crippen LogP) is 1.84. The summed E-state index contributed by atoms with van der Waals surface area (Å²) in [6, 6.07) is 4.58. The van der Waals surface area contributed by atoms with Crippen LogP contribution in [0.2, 0.25) is 0 Å². The second-order valence-electron chi connectivity index (χ2n) is 4.89. The number of amides is 2. The number of carboxylic acids is 1. The lowest BCUT2D eigenvalue weighted by Crippen LogP contribution is -2.30. The smallest absolute Gasteiger partial charge is 0.336 e. The van der Waals surface area contributed by atoms with E-state index in [1.807, 2.05) is 0 Å². The molecule has 1 aliphatic rings. The van der Waals surface area contributed by atoms with E-state index in [0.29, 0.717) is 11.3 Å². The molecule has 1 N–H and O–H groups in total. The number of hydrogen-bond acceptors (Lipinski definition) is 3. The number of anilines is 1. The minimum atomic E-state index is -1.07. The van der Waals surface area contributed by atoms with Crippen LogP contribution in [0.5, 0.6) is 0 Å². The first kappa shape index (κ1) is 13.3. The molecule has 0 saturated carbocycles. The van der Waals surface area contributed by atoms with E-state index in [2.05, 4.69) is 0 Å². The molecule has 1 aliphatic heterocycles. The fraction of sp³-hybridized carbons (Fsp3) is 0.357. The van der Waals surface area contributed by atoms with Crippen LogP contribution in [-0.2, 0) is 9.59 Å². The molecule has 1 saturated heterocycles. The van der Waals surface area contributed by atoms with Gasteiger partial charge in [0.15, 0.2) is 0 Å². The normalized spacial score (nSPS) is 23.0. The summed E-state index contributed by atoms with van der Waals surface area (Å²) in [6.07, 6.45) is 0. The van der Waals surface area contributed by atoms with Gasteiger partial charge in [0.25, 0.3) is 0 Å². The number of aryl methyl sites for hydroxylation is 1. The van der Waals surface area contributed by atoms with Crippen LogP contribution in [0.3, 0.4) is 0 Å². The molecule has 0 aromatic heterocycles. The summed E-state index contributed by atoms with van der Waals surface area (Å²) in [5, 5.41) is 9.08. The minimum absolute atomic E-state index is 0.102. The van der Waals surface area contributed by atoms with Crippen molar-refractivity contribution < 1.29 is 19.5 Å². The van der Waals surface area contributed by atoms with Gasteiger partial charge in [0, 0.05) is 11.8 Å². The molecule has 0 radical (unpaired) electrons. The molecule has 0 spiro atoms. The maximum Gasteiger partial charge on any atom is 0.336 e. The molecule has 2 rings (SSSR count). The van der Waals surface area contributed by atoms with Gasteiger partial charge in [0.1, 0.15) is 0 Å². The molecule has 1 aromatic rings. The van der Waals surface area contributed by atoms with Crippen LogP contribution in [0, 0.1) is 18.8 Å². The van der Waals surface area contributed by atoms with E-state index in [0.717, 1.165) is 4.90 Å². The Hall–Kier alpha value is -2.17. The van der Waals surface area contributed by atoms with Gasteiger partial charge in [-0.15, -0.1) is 0 Å². The highest BCUT2D eigenvalue weighted by Crippen LogP contribution is 2.31. The van der Waals surface area contributed by atoms with Crippen LogP contribution < -0.4 is 4.90 Å². The summed E-state index contributed by atoms with van der Waals surface area (Å²) in [6.45, 7) is 5.08. The van der Waals surface area contributed by atoms with E-state index in [-0.39, 0.29) is 29.2 Å². The zero-order chi connectivity index (χ0) is 14.3. The fourth-order valence-corrected chi connectivity index (χ4v) is 2.18. The summed E-state index contributed by atoms with van der Waals surface area (Å²) in [7, 11) is 0. The molecule has 2 atom stereocenters. The number of carboxylic acid groups (broad SMARTS) is 1. The molecular formula is C14H15NO4. The standard InChI is InChI=1S/C14H15NO4/c1-7-4-5-10(6-11(7)14(18)19)15-12(16)8(2)9(3)13(15)17/h4-6,8-9H,1-3H3,(H,18,19). The van der Waals surface area contributed by atoms with Crippen molar-refractivity contribution in [2.24, 2.45) is 11.8 Å². The van der Waals surface area contributed by atoms with E-state index in [1.54, 1.807) is 32.9 Å². The molecule has 0 bridgehead atoms. The Labute approximate surface area is 110 Å². The van der Waals surface area contributed by atoms with Crippen LogP contribution in [0.1, 0.15) is 29.8 Å². The molecule has 0 aliphatic carbocycles. The lowest BCUT2D eigenvalue weighted by Gasteiger charge is -2.15. The zero-order valence-electron chi connectivity index (χ0n) is 11.0. The first-order chi connectivity index (χ1) is 8.84. The van der Waals surface area contributed by atoms with Crippen LogP contribution >= 0.6 is 0 Å². The zero-order valence-corrected chi connectivity index (χ0v) is 11.0. The van der Waals surface area contributed by atoms with E-state index >= 15 is 0 Å². The number of carbonyl (C=O) groups is 3. The first-order valence-electron chi connectivity index (χ1n) is 6.06. The van der Waals surface area contributed by atoms with E-state index in [4.69, 9.17) is 5.11 Å². The number of imide groups is 1. The van der Waals surface area contributed by atoms with Crippen molar-refractivity contribution in [2.75, 3.05) is 4.90 Å². The van der Waals surface area contributed by atoms with Crippen molar-refractivity contribution >= 4 is 23.5 Å². The largest absolute Gasteiger partial charge is 0.478 e. The van der Waals surface area contributed by atoms with Crippen molar-refractivity contribution in [1.82, 2.24) is 0 Å². The van der Waals surface area contributed by atoms with Crippen molar-refractivity contribution in [3.63, 3.8) is 0 Å². The molecule has 1 heterocycles. The average molecular weight is 261 g/mol. The Balaban J connectivity index is 2.48. The lowest BCUT2D eigenvalue weighted by molar-refractivity contribution is -0.122. The van der Waals surface area contributed by atoms with Crippen LogP contribution in [0.25, 0.3) is 0 Å². The number of hydrogen-bond donors (Lipinski definition) is 1. The third-order valence-electron chi connectivity index (χ3n) is 3.68. The minimum Gasteiger partial charge on any atom is -0.478 e. The van der Waals surface area contributed by atoms with Crippen molar-refractivity contribution in [3.05, 3.63) is 29.3 Å². The number of nitrogens with zero attached hydrogens (tertiary/aromatic N) is 1. The van der Waals surface area contributed by atoms with Gasteiger partial charge in [-0.1, -0.05) is 19.9 Å². The Bertz CT molecular complexity index is 559. The molecule has 100 valence electrons. The quantitative estimate of drug-likeness (QED) is 0.824. The summed E-state index contributed by atoms with van der Waals surface area (Å²) in [5.74, 6) is -2.38. The van der Waals surface area contributed by atoms with E-state index in [1.165, 1.54) is 6.07 Å². The van der Waals surface area contributed by atoms with E-state index in [9.17, 15) is 14.4 Å². The Morgan fingerprint density at radius 1 is 1.16 bits per heavy atom. The highest BCUT2D eigenvalue weighted by molar-refractivity contribution is 6.22. The second kappa shape index (κ2) is 4.50. The summed E-state index contributed by atoms with van der Waals surface area (Å²) >= 11 is 0. The van der Waals surface area contributed by atoms with Crippen molar-refractivity contribution in [1.29, 1.82) is 0 Å². The predicted molar refractivity (Wildman–Crippen MR) is 69.0 cm³/mol. The average Bonchev–Trinajstić information content (AvgIpc) is 2.55. The molecule has 1 aromatic carbocycles. The number of rotatable bonds is 2. The monoisotopic (exact) mass is 261 g/mol. The molecule has 5 nitrogen and oxygen atoms in total. The van der Waals surface area contributed by atoms with Gasteiger partial charge in [-0.05, 0) is 24.6 Å². The number of aromatic carboxylic acids is 1. The van der Waals surface area contributed by atoms with Crippen LogP contribution in [0.15, 0.2) is 18.2 Å². The van der Waals surface area contributed by atoms with Gasteiger partial charge in [-0.25, -0.2) is 4.79 Å². The third kappa shape index (κ3) is 2.01. The molecular weight excluding hydrogens is 246 g/mol. The van der Waals surface area contributed by atoms with Crippen LogP contribution in [0.4, 0.5) is 5.69 Å². The van der Waals surface area contributed by atoms with Crippen molar-refractivity contribution in [2.45, 2.75) is 20.8 Å². The Morgan fingerprint density at radius 2 is 1.68 bits per heavy atom. The van der Waals surface area contributed by atoms with Gasteiger partial charge in [0.2, 0.25) is 11.8 Å². The lowest BCUT2D eigenvalue weighted by atomic mass is 10.00. The molecule has 19 heavy (non-hydrogen) atoms. The summed E-state index contributed by atoms with van der Waals surface area (Å²) < 4.78 is 0. The van der Waals surface area contributed by atoms with Gasteiger partial charge < -0.3 is 5.11 Å². The Morgan fingerprint density at radius 3 is 2.16 bits per heavy atom. The molecule has 1 fully saturated rings. The maximum atomic E-state index is 12.1. The topological polar surface area (TPSA) is 74.7 Å². The SMILES string of the molecule is Cc1ccc(N2C(=O)C(C)C(C)C2=O)cc1C(=O)O. The third-order valence-corrected chi connectivity index (χ3v) is 3.68. The van der Waals surface area contributed by atoms with Gasteiger partial charge >= 0.3 is 5.97 Å². The first-order valence-corrected chi connectivity index (χ1v) is 6.06. The van der Waals surface area contributed by atoms with Gasteiger partial charge in [-0.3, -0.25) is 14.5 Å². The summed E-state index contributed by atoms with van der Waals surface area (Å²) in [4.78, 5) is 36.3. The van der Waals surface area contributed by atoms with Gasteiger partial charge in [0.05, 0.1) is 11.3 Å². The maximum absolute atomic E-state index is 12.1. The number of carbonyl (C=O) groups excluding carboxylic acids is 2. The highest BCUT2D eigenvalue weighted by Gasteiger charge is 2.43. The fourth-order valence-electron chi connectivity index (χ4n) is 2.18. The van der Waals surface area contributed by atoms with Crippen molar-refractivity contribution in [3.8, 4) is 0 Å². The molecule has 2 amide bonds. The highest BCUT2D eigenvalue weighted by atomic mass is 16.4.